The van der Waals surface area contributed by atoms with Gasteiger partial charge in [0.1, 0.15) is 18.1 Å². The van der Waals surface area contributed by atoms with Crippen LogP contribution in [0, 0.1) is 5.92 Å². The lowest BCUT2D eigenvalue weighted by molar-refractivity contribution is -0.145. The normalized spacial score (nSPS) is 31.7. The highest BCUT2D eigenvalue weighted by molar-refractivity contribution is 5.81. The molecule has 0 radical (unpaired) electrons. The third-order valence-corrected chi connectivity index (χ3v) is 7.24. The lowest BCUT2D eigenvalue weighted by Gasteiger charge is -2.36. The molecule has 6 rings (SSSR count). The molecule has 4 aliphatic heterocycles. The quantitative estimate of drug-likeness (QED) is 0.782. The van der Waals surface area contributed by atoms with E-state index in [4.69, 9.17) is 14.2 Å². The summed E-state index contributed by atoms with van der Waals surface area (Å²) in [5, 5.41) is 3.02. The van der Waals surface area contributed by atoms with Crippen LogP contribution in [0.2, 0.25) is 0 Å². The fourth-order valence-corrected chi connectivity index (χ4v) is 5.25. The van der Waals surface area contributed by atoms with E-state index in [1.807, 2.05) is 18.2 Å². The molecule has 1 N–H and O–H groups in total. The predicted octanol–water partition coefficient (Wildman–Crippen LogP) is 3.11. The molecule has 2 atom stereocenters. The Morgan fingerprint density at radius 2 is 1.91 bits per heavy atom. The van der Waals surface area contributed by atoms with Crippen molar-refractivity contribution in [3.63, 3.8) is 0 Å². The molecule has 7 heteroatoms. The zero-order valence-electron chi connectivity index (χ0n) is 18.5. The summed E-state index contributed by atoms with van der Waals surface area (Å²) in [5.41, 5.74) is 2.05. The highest BCUT2D eigenvalue weighted by Gasteiger charge is 2.33. The number of fused-ring (bicyclic) bond motifs is 5. The zero-order chi connectivity index (χ0) is 21.9. The number of hydrogen-bond acceptors (Lipinski definition) is 5. The maximum Gasteiger partial charge on any atom is 0.264 e. The number of para-hydroxylation sites is 1. The summed E-state index contributed by atoms with van der Waals surface area (Å²) in [6.07, 6.45) is 8.24. The Bertz CT molecular complexity index is 873. The molecule has 7 nitrogen and oxygen atoms in total. The molecule has 1 aliphatic carbocycles. The van der Waals surface area contributed by atoms with Crippen LogP contribution in [0.4, 0.5) is 0 Å². The molecule has 2 bridgehead atoms. The molecule has 32 heavy (non-hydrogen) atoms. The summed E-state index contributed by atoms with van der Waals surface area (Å²) in [5.74, 6) is 1.15. The number of carbonyl (C=O) groups excluding carboxylic acids is 2. The molecule has 2 amide bonds. The summed E-state index contributed by atoms with van der Waals surface area (Å²) in [6.45, 7) is 1.77. The Labute approximate surface area is 189 Å². The summed E-state index contributed by atoms with van der Waals surface area (Å²) in [6, 6.07) is 8.11. The van der Waals surface area contributed by atoms with Gasteiger partial charge in [0.25, 0.3) is 5.91 Å². The van der Waals surface area contributed by atoms with Gasteiger partial charge < -0.3 is 24.4 Å². The van der Waals surface area contributed by atoms with E-state index in [0.29, 0.717) is 25.6 Å². The van der Waals surface area contributed by atoms with Crippen molar-refractivity contribution in [1.29, 1.82) is 0 Å². The van der Waals surface area contributed by atoms with Crippen molar-refractivity contribution in [3.05, 3.63) is 41.8 Å². The Balaban J connectivity index is 1.36. The molecular weight excluding hydrogens is 408 g/mol. The molecule has 3 fully saturated rings. The maximum absolute atomic E-state index is 13.2. The summed E-state index contributed by atoms with van der Waals surface area (Å²) in [7, 11) is 0. The Morgan fingerprint density at radius 3 is 2.69 bits per heavy atom. The first kappa shape index (κ1) is 21.3. The molecule has 5 aliphatic rings. The van der Waals surface area contributed by atoms with Gasteiger partial charge in [0, 0.05) is 25.4 Å². The lowest BCUT2D eigenvalue weighted by atomic mass is 9.82. The first-order valence-electron chi connectivity index (χ1n) is 12.0. The molecule has 1 aromatic rings. The number of nitrogens with one attached hydrogen (secondary N) is 1. The molecule has 1 saturated carbocycles. The smallest absolute Gasteiger partial charge is 0.264 e. The minimum atomic E-state index is -0.328. The van der Waals surface area contributed by atoms with Gasteiger partial charge in [0.15, 0.2) is 6.61 Å². The van der Waals surface area contributed by atoms with Gasteiger partial charge in [-0.15, -0.1) is 0 Å². The number of piperidine rings is 1. The van der Waals surface area contributed by atoms with Gasteiger partial charge in [-0.2, -0.15) is 0 Å². The third-order valence-electron chi connectivity index (χ3n) is 7.24. The number of hydrogen-bond donors (Lipinski definition) is 1. The van der Waals surface area contributed by atoms with Crippen LogP contribution in [0.15, 0.2) is 36.2 Å². The summed E-state index contributed by atoms with van der Waals surface area (Å²) in [4.78, 5) is 27.3. The van der Waals surface area contributed by atoms with Gasteiger partial charge in [0.2, 0.25) is 5.91 Å². The molecule has 0 spiro atoms. The van der Waals surface area contributed by atoms with Crippen LogP contribution in [0.3, 0.4) is 0 Å². The van der Waals surface area contributed by atoms with E-state index < -0.39 is 0 Å². The second-order valence-corrected chi connectivity index (χ2v) is 9.26. The van der Waals surface area contributed by atoms with Crippen LogP contribution in [0.5, 0.6) is 5.75 Å². The molecular formula is C25H32N2O5. The van der Waals surface area contributed by atoms with Gasteiger partial charge >= 0.3 is 0 Å². The third kappa shape index (κ3) is 4.49. The van der Waals surface area contributed by atoms with E-state index in [1.165, 1.54) is 5.56 Å². The van der Waals surface area contributed by atoms with E-state index in [0.717, 1.165) is 56.4 Å². The molecule has 1 unspecified atom stereocenters. The number of carbonyl (C=O) groups is 2. The van der Waals surface area contributed by atoms with Crippen molar-refractivity contribution in [2.24, 2.45) is 5.92 Å². The number of rotatable bonds is 3. The van der Waals surface area contributed by atoms with E-state index in [2.05, 4.69) is 11.4 Å². The first-order valence-corrected chi connectivity index (χ1v) is 12.0. The van der Waals surface area contributed by atoms with Crippen LogP contribution in [0.25, 0.3) is 0 Å². The number of ether oxygens (including phenoxy) is 3. The number of benzene rings is 1. The fraction of sp³-hybridized carbons (Fsp3) is 0.600. The molecule has 172 valence electrons. The van der Waals surface area contributed by atoms with Crippen LogP contribution in [-0.2, 0) is 19.1 Å². The molecule has 1 aromatic carbocycles. The number of amides is 2. The second-order valence-electron chi connectivity index (χ2n) is 9.26. The highest BCUT2D eigenvalue weighted by atomic mass is 16.5. The largest absolute Gasteiger partial charge is 0.496 e. The van der Waals surface area contributed by atoms with E-state index in [-0.39, 0.29) is 36.5 Å². The second kappa shape index (κ2) is 9.53. The first-order chi connectivity index (χ1) is 15.7. The standard InChI is InChI=1S/C25H32N2O5/c28-24-16-32-22-6-2-1-5-20(22)17-7-9-19(10-8-17)31-15-21-18(4-3-12-27(21)24)14-26-25(29)23-11-13-30-23/h1-2,5-6,15,17-19,23H,3-4,7-14,16H2,(H,26,29)/b21-15-/t17?,18?,19?,23-/m0/s1. The Hall–Kier alpha value is -2.54. The molecule has 0 aromatic heterocycles. The van der Waals surface area contributed by atoms with Crippen molar-refractivity contribution in [1.82, 2.24) is 10.2 Å². The van der Waals surface area contributed by atoms with Crippen molar-refractivity contribution in [3.8, 4) is 5.75 Å². The van der Waals surface area contributed by atoms with Crippen LogP contribution >= 0.6 is 0 Å². The van der Waals surface area contributed by atoms with Gasteiger partial charge in [-0.3, -0.25) is 9.59 Å². The summed E-state index contributed by atoms with van der Waals surface area (Å²) < 4.78 is 17.6. The topological polar surface area (TPSA) is 77.1 Å². The van der Waals surface area contributed by atoms with Crippen molar-refractivity contribution < 1.29 is 23.8 Å². The maximum atomic E-state index is 13.2. The van der Waals surface area contributed by atoms with Gasteiger partial charge in [-0.1, -0.05) is 18.2 Å². The minimum absolute atomic E-state index is 0.000501. The van der Waals surface area contributed by atoms with Crippen LogP contribution in [0.1, 0.15) is 56.4 Å². The minimum Gasteiger partial charge on any atom is -0.496 e. The SMILES string of the molecule is O=C(NCC1CCCN2C(=O)COc3ccccc3C3CCC(CC3)O/C=C/12)[C@@H]1CCO1. The lowest BCUT2D eigenvalue weighted by Crippen LogP contribution is -2.47. The number of nitrogens with zero attached hydrogens (tertiary/aromatic N) is 1. The Kier molecular flexibility index (Phi) is 6.35. The van der Waals surface area contributed by atoms with E-state index in [1.54, 1.807) is 11.2 Å². The van der Waals surface area contributed by atoms with Crippen LogP contribution < -0.4 is 10.1 Å². The summed E-state index contributed by atoms with van der Waals surface area (Å²) >= 11 is 0. The fourth-order valence-electron chi connectivity index (χ4n) is 5.25. The van der Waals surface area contributed by atoms with Crippen molar-refractivity contribution >= 4 is 11.8 Å². The van der Waals surface area contributed by atoms with Gasteiger partial charge in [-0.05, 0) is 56.1 Å². The predicted molar refractivity (Wildman–Crippen MR) is 118 cm³/mol. The van der Waals surface area contributed by atoms with Crippen molar-refractivity contribution in [2.75, 3.05) is 26.3 Å². The molecule has 2 saturated heterocycles. The monoisotopic (exact) mass is 440 g/mol. The zero-order valence-corrected chi connectivity index (χ0v) is 18.5. The highest BCUT2D eigenvalue weighted by Crippen LogP contribution is 2.39. The average molecular weight is 441 g/mol. The van der Waals surface area contributed by atoms with E-state index >= 15 is 0 Å². The average Bonchev–Trinajstić information content (AvgIpc) is 2.80. The van der Waals surface area contributed by atoms with E-state index in [9.17, 15) is 9.59 Å². The van der Waals surface area contributed by atoms with Crippen molar-refractivity contribution in [2.45, 2.75) is 63.1 Å². The van der Waals surface area contributed by atoms with Gasteiger partial charge in [-0.25, -0.2) is 0 Å². The van der Waals surface area contributed by atoms with Crippen LogP contribution in [-0.4, -0.2) is 55.2 Å². The van der Waals surface area contributed by atoms with Gasteiger partial charge in [0.05, 0.1) is 18.4 Å². The Morgan fingerprint density at radius 1 is 1.09 bits per heavy atom. The molecule has 4 heterocycles.